The van der Waals surface area contributed by atoms with Crippen molar-refractivity contribution in [2.75, 3.05) is 43.9 Å². The van der Waals surface area contributed by atoms with Gasteiger partial charge >= 0.3 is 0 Å². The third-order valence-electron chi connectivity index (χ3n) is 7.07. The van der Waals surface area contributed by atoms with E-state index in [0.29, 0.717) is 17.2 Å². The van der Waals surface area contributed by atoms with Crippen molar-refractivity contribution in [2.45, 2.75) is 26.2 Å². The smallest absolute Gasteiger partial charge is 0.255 e. The van der Waals surface area contributed by atoms with E-state index in [1.807, 2.05) is 55.5 Å². The second kappa shape index (κ2) is 12.6. The molecule has 8 nitrogen and oxygen atoms in total. The van der Waals surface area contributed by atoms with Crippen LogP contribution in [-0.4, -0.2) is 59.0 Å². The van der Waals surface area contributed by atoms with Gasteiger partial charge < -0.3 is 20.9 Å². The number of hydrogen-bond donors (Lipinski definition) is 3. The second-order valence-corrected chi connectivity index (χ2v) is 10.0. The number of piperazine rings is 1. The minimum Gasteiger partial charge on any atom is -0.324 e. The average Bonchev–Trinajstić information content (AvgIpc) is 3.44. The molecule has 1 fully saturated rings. The van der Waals surface area contributed by atoms with E-state index >= 15 is 0 Å². The molecule has 6 rings (SSSR count). The molecule has 4 aromatic rings. The lowest BCUT2D eigenvalue weighted by atomic mass is 10.1. The minimum atomic E-state index is -0.106. The Morgan fingerprint density at radius 1 is 0.923 bits per heavy atom. The molecule has 0 saturated carbocycles. The average molecular weight is 522 g/mol. The molecule has 3 heterocycles. The molecule has 1 aliphatic carbocycles. The summed E-state index contributed by atoms with van der Waals surface area (Å²) in [4.78, 5) is 28.2. The van der Waals surface area contributed by atoms with Gasteiger partial charge in [0, 0.05) is 67.3 Å². The number of nitrogens with one attached hydrogen (secondary N) is 3. The number of carbonyl (C=O) groups is 1. The van der Waals surface area contributed by atoms with Crippen LogP contribution in [0.1, 0.15) is 33.5 Å². The number of aromatic nitrogens is 3. The van der Waals surface area contributed by atoms with E-state index < -0.39 is 0 Å². The molecule has 2 aromatic carbocycles. The maximum atomic E-state index is 12.8. The zero-order valence-electron chi connectivity index (χ0n) is 22.6. The lowest BCUT2D eigenvalue weighted by Crippen LogP contribution is -2.40. The fraction of sp³-hybridized carbons (Fsp3) is 0.290. The van der Waals surface area contributed by atoms with Crippen LogP contribution in [0.4, 0.5) is 17.3 Å². The quantitative estimate of drug-likeness (QED) is 0.345. The number of anilines is 3. The summed E-state index contributed by atoms with van der Waals surface area (Å²) in [6.07, 6.45) is 8.52. The number of pyridine rings is 1. The highest BCUT2D eigenvalue weighted by molar-refractivity contribution is 6.04. The van der Waals surface area contributed by atoms with E-state index in [2.05, 4.69) is 48.9 Å². The van der Waals surface area contributed by atoms with Crippen LogP contribution in [0.15, 0.2) is 73.2 Å². The molecule has 8 heteroatoms. The summed E-state index contributed by atoms with van der Waals surface area (Å²) in [7, 11) is 2.15. The zero-order valence-corrected chi connectivity index (χ0v) is 22.6. The van der Waals surface area contributed by atoms with E-state index in [1.165, 1.54) is 24.2 Å². The molecule has 0 unspecified atom stereocenters. The van der Waals surface area contributed by atoms with Crippen molar-refractivity contribution in [2.24, 2.45) is 0 Å². The van der Waals surface area contributed by atoms with E-state index in [4.69, 9.17) is 0 Å². The first-order chi connectivity index (χ1) is 19.0. The number of rotatable bonds is 5. The third kappa shape index (κ3) is 7.04. The van der Waals surface area contributed by atoms with Gasteiger partial charge in [0.25, 0.3) is 5.91 Å². The number of benzene rings is 2. The van der Waals surface area contributed by atoms with Crippen molar-refractivity contribution in [3.05, 3.63) is 95.4 Å². The van der Waals surface area contributed by atoms with Crippen molar-refractivity contribution < 1.29 is 4.79 Å². The maximum absolute atomic E-state index is 12.8. The Balaban J connectivity index is 0.000000384. The van der Waals surface area contributed by atoms with Crippen LogP contribution in [0.3, 0.4) is 0 Å². The van der Waals surface area contributed by atoms with E-state index in [1.54, 1.807) is 18.6 Å². The van der Waals surface area contributed by atoms with Crippen molar-refractivity contribution in [1.82, 2.24) is 25.2 Å². The van der Waals surface area contributed by atoms with Gasteiger partial charge in [0.1, 0.15) is 0 Å². The van der Waals surface area contributed by atoms with Gasteiger partial charge in [-0.2, -0.15) is 0 Å². The summed E-state index contributed by atoms with van der Waals surface area (Å²) in [6, 6.07) is 17.5. The Kier molecular flexibility index (Phi) is 8.55. The van der Waals surface area contributed by atoms with Gasteiger partial charge in [-0.05, 0) is 92.4 Å². The summed E-state index contributed by atoms with van der Waals surface area (Å²) < 4.78 is 0. The van der Waals surface area contributed by atoms with Crippen LogP contribution in [-0.2, 0) is 12.8 Å². The third-order valence-corrected chi connectivity index (χ3v) is 7.07. The molecule has 2 aromatic heterocycles. The standard InChI is InChI=1S/C26H23N5O.C5H12N2/c1-17-5-8-22(29-25(32)21-7-6-18-3-2-4-20(18)15-21)16-24(17)31-26-28-14-11-23(30-26)19-9-12-27-13-10-19;1-7-4-2-6-3-5-7/h5-16H,2-4H2,1H3,(H,29,32)(H,28,30,31);6H,2-5H2,1H3. The molecule has 39 heavy (non-hydrogen) atoms. The summed E-state index contributed by atoms with van der Waals surface area (Å²) in [5, 5.41) is 9.57. The van der Waals surface area contributed by atoms with Crippen molar-refractivity contribution in [3.8, 4) is 11.3 Å². The van der Waals surface area contributed by atoms with Crippen molar-refractivity contribution in [3.63, 3.8) is 0 Å². The van der Waals surface area contributed by atoms with Crippen LogP contribution in [0, 0.1) is 6.92 Å². The van der Waals surface area contributed by atoms with Gasteiger partial charge in [0.15, 0.2) is 0 Å². The van der Waals surface area contributed by atoms with Crippen LogP contribution in [0.2, 0.25) is 0 Å². The van der Waals surface area contributed by atoms with Crippen LogP contribution in [0.25, 0.3) is 11.3 Å². The van der Waals surface area contributed by atoms with Gasteiger partial charge in [0.05, 0.1) is 5.69 Å². The summed E-state index contributed by atoms with van der Waals surface area (Å²) in [5.74, 6) is 0.384. The number of likely N-dealkylation sites (N-methyl/N-ethyl adjacent to an activating group) is 1. The second-order valence-electron chi connectivity index (χ2n) is 10.0. The first kappa shape index (κ1) is 26.5. The van der Waals surface area contributed by atoms with Gasteiger partial charge in [-0.3, -0.25) is 9.78 Å². The van der Waals surface area contributed by atoms with E-state index in [-0.39, 0.29) is 5.91 Å². The van der Waals surface area contributed by atoms with Crippen molar-refractivity contribution >= 4 is 23.2 Å². The Labute approximate surface area is 229 Å². The summed E-state index contributed by atoms with van der Waals surface area (Å²) >= 11 is 0. The van der Waals surface area contributed by atoms with Gasteiger partial charge in [-0.15, -0.1) is 0 Å². The molecule has 1 aliphatic heterocycles. The number of amides is 1. The van der Waals surface area contributed by atoms with Crippen LogP contribution in [0.5, 0.6) is 0 Å². The van der Waals surface area contributed by atoms with Gasteiger partial charge in [-0.1, -0.05) is 12.1 Å². The van der Waals surface area contributed by atoms with Crippen LogP contribution >= 0.6 is 0 Å². The predicted octanol–water partition coefficient (Wildman–Crippen LogP) is 4.85. The zero-order chi connectivity index (χ0) is 27.0. The van der Waals surface area contributed by atoms with Gasteiger partial charge in [-0.25, -0.2) is 9.97 Å². The predicted molar refractivity (Wildman–Crippen MR) is 157 cm³/mol. The maximum Gasteiger partial charge on any atom is 0.255 e. The molecule has 0 spiro atoms. The molecule has 2 aliphatic rings. The topological polar surface area (TPSA) is 95.1 Å². The van der Waals surface area contributed by atoms with Crippen LogP contribution < -0.4 is 16.0 Å². The largest absolute Gasteiger partial charge is 0.324 e. The highest BCUT2D eigenvalue weighted by Crippen LogP contribution is 2.26. The molecule has 1 amide bonds. The Morgan fingerprint density at radius 3 is 2.49 bits per heavy atom. The molecule has 1 saturated heterocycles. The highest BCUT2D eigenvalue weighted by Gasteiger charge is 2.14. The van der Waals surface area contributed by atoms with E-state index in [0.717, 1.165) is 54.9 Å². The fourth-order valence-electron chi connectivity index (χ4n) is 4.75. The number of carbonyl (C=O) groups excluding carboxylic acids is 1. The fourth-order valence-corrected chi connectivity index (χ4v) is 4.75. The molecule has 0 radical (unpaired) electrons. The Hall–Kier alpha value is -4.14. The van der Waals surface area contributed by atoms with E-state index in [9.17, 15) is 4.79 Å². The first-order valence-corrected chi connectivity index (χ1v) is 13.5. The molecule has 0 atom stereocenters. The molecular weight excluding hydrogens is 486 g/mol. The Bertz CT molecular complexity index is 1420. The van der Waals surface area contributed by atoms with Crippen molar-refractivity contribution in [1.29, 1.82) is 0 Å². The molecule has 3 N–H and O–H groups in total. The summed E-state index contributed by atoms with van der Waals surface area (Å²) in [5.41, 5.74) is 7.69. The molecular formula is C31H35N7O. The lowest BCUT2D eigenvalue weighted by Gasteiger charge is -2.21. The molecule has 200 valence electrons. The number of fused-ring (bicyclic) bond motifs is 1. The number of aryl methyl sites for hydroxylation is 3. The normalized spacial score (nSPS) is 14.6. The first-order valence-electron chi connectivity index (χ1n) is 13.5. The Morgan fingerprint density at radius 2 is 1.72 bits per heavy atom. The minimum absolute atomic E-state index is 0.106. The number of nitrogens with zero attached hydrogens (tertiary/aromatic N) is 4. The molecule has 0 bridgehead atoms. The highest BCUT2D eigenvalue weighted by atomic mass is 16.1. The SMILES string of the molecule is CN1CCNCC1.Cc1ccc(NC(=O)c2ccc3c(c2)CCC3)cc1Nc1nccc(-c2ccncc2)n1. The monoisotopic (exact) mass is 521 g/mol. The number of hydrogen-bond acceptors (Lipinski definition) is 7. The summed E-state index contributed by atoms with van der Waals surface area (Å²) in [6.45, 7) is 6.74. The van der Waals surface area contributed by atoms with Gasteiger partial charge in [0.2, 0.25) is 5.95 Å². The lowest BCUT2D eigenvalue weighted by molar-refractivity contribution is 0.102.